The zero-order valence-corrected chi connectivity index (χ0v) is 9.35. The van der Waals surface area contributed by atoms with E-state index in [9.17, 15) is 4.79 Å². The zero-order chi connectivity index (χ0) is 10.5. The van der Waals surface area contributed by atoms with Crippen LogP contribution in [-0.4, -0.2) is 6.08 Å². The molecule has 0 fully saturated rings. The molecule has 2 nitrogen and oxygen atoms in total. The maximum Gasteiger partial charge on any atom is 0.248 e. The largest absolute Gasteiger partial charge is 0.248 e. The van der Waals surface area contributed by atoms with Crippen LogP contribution in [0.1, 0.15) is 0 Å². The number of isocyanates is 1. The Labute approximate surface area is 95.3 Å². The van der Waals surface area contributed by atoms with Gasteiger partial charge in [-0.2, -0.15) is 0 Å². The minimum atomic E-state index is 1.11. The fraction of sp³-hybridized carbons (Fsp3) is 0. The summed E-state index contributed by atoms with van der Waals surface area (Å²) in [5.74, 6) is 0. The van der Waals surface area contributed by atoms with E-state index in [1.165, 1.54) is 27.6 Å². The maximum atomic E-state index is 9.93. The maximum absolute atomic E-state index is 9.93. The number of hydrogen-bond donors (Lipinski definition) is 0. The molecule has 15 heavy (non-hydrogen) atoms. The minimum Gasteiger partial charge on any atom is -0.210 e. The van der Waals surface area contributed by atoms with Gasteiger partial charge in [0.2, 0.25) is 6.08 Å². The average molecular weight is 233 g/mol. The summed E-state index contributed by atoms with van der Waals surface area (Å²) in [6.07, 6.45) is 1.50. The van der Waals surface area contributed by atoms with Gasteiger partial charge < -0.3 is 0 Å². The number of hydrogen-bond acceptors (Lipinski definition) is 4. The van der Waals surface area contributed by atoms with Gasteiger partial charge in [0.05, 0.1) is 11.0 Å². The van der Waals surface area contributed by atoms with Crippen molar-refractivity contribution in [3.63, 3.8) is 0 Å². The molecule has 0 spiro atoms. The van der Waals surface area contributed by atoms with Crippen molar-refractivity contribution >= 4 is 38.6 Å². The number of nitrogens with zero attached hydrogens (tertiary/aromatic N) is 1. The highest BCUT2D eigenvalue weighted by Crippen LogP contribution is 2.36. The summed E-state index contributed by atoms with van der Waals surface area (Å²) in [4.78, 5) is 11.0. The van der Waals surface area contributed by atoms with Gasteiger partial charge in [0, 0.05) is 4.90 Å². The van der Waals surface area contributed by atoms with E-state index < -0.39 is 0 Å². The quantitative estimate of drug-likeness (QED) is 0.349. The van der Waals surface area contributed by atoms with Crippen molar-refractivity contribution in [2.45, 2.75) is 4.90 Å². The van der Waals surface area contributed by atoms with Gasteiger partial charge in [0.1, 0.15) is 0 Å². The molecular formula is C11H7NOS2. The third-order valence-electron chi connectivity index (χ3n) is 1.95. The van der Waals surface area contributed by atoms with Gasteiger partial charge in [-0.25, -0.2) is 4.79 Å². The Balaban J connectivity index is 2.37. The van der Waals surface area contributed by atoms with Crippen molar-refractivity contribution in [1.82, 2.24) is 0 Å². The first-order valence-electron chi connectivity index (χ1n) is 4.30. The molecule has 2 rings (SSSR count). The summed E-state index contributed by atoms with van der Waals surface area (Å²) in [5.41, 5.74) is 0. The van der Waals surface area contributed by atoms with Crippen LogP contribution in [0, 0.1) is 0 Å². The van der Waals surface area contributed by atoms with E-state index >= 15 is 0 Å². The molecule has 0 aliphatic carbocycles. The smallest absolute Gasteiger partial charge is 0.210 e. The second kappa shape index (κ2) is 5.03. The fourth-order valence-corrected chi connectivity index (χ4v) is 2.78. The van der Waals surface area contributed by atoms with Crippen LogP contribution in [0.15, 0.2) is 51.8 Å². The second-order valence-electron chi connectivity index (χ2n) is 2.82. The van der Waals surface area contributed by atoms with Crippen LogP contribution < -0.4 is 0 Å². The molecule has 0 amide bonds. The van der Waals surface area contributed by atoms with E-state index in [-0.39, 0.29) is 0 Å². The number of fused-ring (bicyclic) bond motifs is 1. The predicted octanol–water partition coefficient (Wildman–Crippen LogP) is 3.83. The fourth-order valence-electron chi connectivity index (χ4n) is 1.34. The van der Waals surface area contributed by atoms with Gasteiger partial charge in [-0.15, -0.1) is 4.40 Å². The molecule has 0 saturated heterocycles. The van der Waals surface area contributed by atoms with Gasteiger partial charge in [-0.05, 0) is 27.6 Å². The molecule has 0 heterocycles. The van der Waals surface area contributed by atoms with Crippen molar-refractivity contribution in [2.24, 2.45) is 4.40 Å². The van der Waals surface area contributed by atoms with Crippen molar-refractivity contribution in [1.29, 1.82) is 0 Å². The van der Waals surface area contributed by atoms with Gasteiger partial charge in [0.25, 0.3) is 0 Å². The van der Waals surface area contributed by atoms with Gasteiger partial charge in [-0.1, -0.05) is 36.4 Å². The lowest BCUT2D eigenvalue weighted by molar-refractivity contribution is 0.566. The first kappa shape index (κ1) is 10.3. The highest BCUT2D eigenvalue weighted by molar-refractivity contribution is 8.76. The minimum absolute atomic E-state index is 1.11. The Morgan fingerprint density at radius 2 is 1.87 bits per heavy atom. The normalized spacial score (nSPS) is 9.87. The molecule has 0 saturated carbocycles. The summed E-state index contributed by atoms with van der Waals surface area (Å²) >= 11 is 0. The average Bonchev–Trinajstić information content (AvgIpc) is 2.30. The summed E-state index contributed by atoms with van der Waals surface area (Å²) in [7, 11) is 2.60. The van der Waals surface area contributed by atoms with Crippen LogP contribution in [0.2, 0.25) is 0 Å². The van der Waals surface area contributed by atoms with Crippen molar-refractivity contribution in [3.05, 3.63) is 42.5 Å². The molecule has 0 aliphatic rings. The molecule has 0 N–H and O–H groups in total. The second-order valence-corrected chi connectivity index (χ2v) is 4.70. The Hall–Kier alpha value is -1.22. The Morgan fingerprint density at radius 3 is 2.73 bits per heavy atom. The number of rotatable bonds is 3. The SMILES string of the molecule is O=C=NSSc1cccc2ccccc12. The molecule has 0 aromatic heterocycles. The Kier molecular flexibility index (Phi) is 3.45. The zero-order valence-electron chi connectivity index (χ0n) is 7.71. The summed E-state index contributed by atoms with van der Waals surface area (Å²) in [5, 5.41) is 2.37. The molecule has 2 aromatic rings. The third-order valence-corrected chi connectivity index (χ3v) is 3.70. The van der Waals surface area contributed by atoms with Gasteiger partial charge in [0.15, 0.2) is 0 Å². The van der Waals surface area contributed by atoms with Crippen LogP contribution in [0.4, 0.5) is 0 Å². The van der Waals surface area contributed by atoms with Crippen LogP contribution in [0.3, 0.4) is 0 Å². The molecule has 0 bridgehead atoms. The Bertz CT molecular complexity index is 515. The molecule has 0 aliphatic heterocycles. The molecule has 2 aromatic carbocycles. The first-order valence-corrected chi connectivity index (χ1v) is 6.41. The highest BCUT2D eigenvalue weighted by atomic mass is 33.1. The van der Waals surface area contributed by atoms with Crippen LogP contribution in [-0.2, 0) is 4.79 Å². The van der Waals surface area contributed by atoms with E-state index in [2.05, 4.69) is 22.6 Å². The van der Waals surface area contributed by atoms with E-state index in [0.717, 1.165) is 15.9 Å². The van der Waals surface area contributed by atoms with Crippen molar-refractivity contribution in [2.75, 3.05) is 0 Å². The highest BCUT2D eigenvalue weighted by Gasteiger charge is 2.00. The predicted molar refractivity (Wildman–Crippen MR) is 65.5 cm³/mol. The Morgan fingerprint density at radius 1 is 1.07 bits per heavy atom. The lowest BCUT2D eigenvalue weighted by Crippen LogP contribution is -1.74. The molecule has 4 heteroatoms. The summed E-state index contributed by atoms with van der Waals surface area (Å²) < 4.78 is 3.45. The van der Waals surface area contributed by atoms with Gasteiger partial charge >= 0.3 is 0 Å². The van der Waals surface area contributed by atoms with Crippen molar-refractivity contribution in [3.8, 4) is 0 Å². The van der Waals surface area contributed by atoms with Crippen LogP contribution >= 0.6 is 21.8 Å². The van der Waals surface area contributed by atoms with E-state index in [0.29, 0.717) is 0 Å². The van der Waals surface area contributed by atoms with E-state index in [1.54, 1.807) is 0 Å². The number of carbonyl (C=O) groups excluding carboxylic acids is 1. The molecule has 0 radical (unpaired) electrons. The molecule has 0 atom stereocenters. The molecule has 0 unspecified atom stereocenters. The van der Waals surface area contributed by atoms with E-state index in [1.807, 2.05) is 24.3 Å². The van der Waals surface area contributed by atoms with Crippen LogP contribution in [0.25, 0.3) is 10.8 Å². The number of benzene rings is 2. The van der Waals surface area contributed by atoms with Crippen molar-refractivity contribution < 1.29 is 4.79 Å². The summed E-state index contributed by atoms with van der Waals surface area (Å²) in [6, 6.07) is 14.2. The van der Waals surface area contributed by atoms with Gasteiger partial charge in [-0.3, -0.25) is 0 Å². The standard InChI is InChI=1S/C11H7NOS2/c13-8-12-15-14-11-7-3-5-9-4-1-2-6-10(9)11/h1-7H. The topological polar surface area (TPSA) is 29.4 Å². The molecule has 74 valence electrons. The lowest BCUT2D eigenvalue weighted by Gasteiger charge is -2.02. The first-order chi connectivity index (χ1) is 7.42. The monoisotopic (exact) mass is 233 g/mol. The lowest BCUT2D eigenvalue weighted by atomic mass is 10.1. The third kappa shape index (κ3) is 2.42. The van der Waals surface area contributed by atoms with E-state index in [4.69, 9.17) is 0 Å². The summed E-state index contributed by atoms with van der Waals surface area (Å²) in [6.45, 7) is 0. The molecular weight excluding hydrogens is 226 g/mol. The van der Waals surface area contributed by atoms with Crippen LogP contribution in [0.5, 0.6) is 0 Å².